The molecule has 1 atom stereocenters. The molecule has 0 bridgehead atoms. The van der Waals surface area contributed by atoms with Gasteiger partial charge in [-0.25, -0.2) is 12.8 Å². The molecular formula is C13H20FNO2S. The Morgan fingerprint density at radius 2 is 1.89 bits per heavy atom. The molecule has 0 heterocycles. The van der Waals surface area contributed by atoms with Crippen LogP contribution in [0.1, 0.15) is 18.9 Å². The highest BCUT2D eigenvalue weighted by molar-refractivity contribution is 7.91. The molecule has 0 saturated heterocycles. The maximum atomic E-state index is 12.8. The van der Waals surface area contributed by atoms with Crippen molar-refractivity contribution < 1.29 is 12.8 Å². The van der Waals surface area contributed by atoms with Crippen LogP contribution in [0.5, 0.6) is 0 Å². The molecular weight excluding hydrogens is 253 g/mol. The first kappa shape index (κ1) is 15.1. The molecule has 0 fully saturated rings. The van der Waals surface area contributed by atoms with Gasteiger partial charge in [-0.2, -0.15) is 0 Å². The van der Waals surface area contributed by atoms with E-state index in [4.69, 9.17) is 5.73 Å². The molecule has 0 amide bonds. The van der Waals surface area contributed by atoms with Gasteiger partial charge in [-0.05, 0) is 43.0 Å². The minimum Gasteiger partial charge on any atom is -0.330 e. The summed E-state index contributed by atoms with van der Waals surface area (Å²) in [6.45, 7) is 2.09. The summed E-state index contributed by atoms with van der Waals surface area (Å²) in [5, 5.41) is 0. The molecule has 0 aromatic heterocycles. The van der Waals surface area contributed by atoms with E-state index < -0.39 is 9.84 Å². The molecule has 0 radical (unpaired) electrons. The molecule has 1 aromatic rings. The van der Waals surface area contributed by atoms with Crippen LogP contribution < -0.4 is 5.73 Å². The number of sulfone groups is 1. The lowest BCUT2D eigenvalue weighted by Crippen LogP contribution is -2.21. The van der Waals surface area contributed by atoms with Crippen LogP contribution >= 0.6 is 0 Å². The van der Waals surface area contributed by atoms with E-state index in [2.05, 4.69) is 0 Å². The third-order valence-corrected chi connectivity index (χ3v) is 4.79. The molecule has 5 heteroatoms. The van der Waals surface area contributed by atoms with Crippen LogP contribution in [0, 0.1) is 11.7 Å². The summed E-state index contributed by atoms with van der Waals surface area (Å²) in [5.41, 5.74) is 6.64. The van der Waals surface area contributed by atoms with Gasteiger partial charge in [0.2, 0.25) is 0 Å². The summed E-state index contributed by atoms with van der Waals surface area (Å²) < 4.78 is 35.6. The SMILES string of the molecule is CCS(=O)(=O)CCC(CN)Cc1ccc(F)cc1. The topological polar surface area (TPSA) is 60.2 Å². The van der Waals surface area contributed by atoms with E-state index in [-0.39, 0.29) is 23.2 Å². The zero-order valence-electron chi connectivity index (χ0n) is 10.6. The van der Waals surface area contributed by atoms with Crippen molar-refractivity contribution in [1.29, 1.82) is 0 Å². The average molecular weight is 273 g/mol. The Hall–Kier alpha value is -0.940. The number of halogens is 1. The number of benzene rings is 1. The Kier molecular flexibility index (Phi) is 5.75. The Labute approximate surface area is 108 Å². The van der Waals surface area contributed by atoms with Gasteiger partial charge in [0, 0.05) is 5.75 Å². The molecule has 0 aliphatic heterocycles. The van der Waals surface area contributed by atoms with Gasteiger partial charge in [-0.1, -0.05) is 19.1 Å². The quantitative estimate of drug-likeness (QED) is 0.823. The lowest BCUT2D eigenvalue weighted by Gasteiger charge is -2.14. The van der Waals surface area contributed by atoms with Gasteiger partial charge < -0.3 is 5.73 Å². The summed E-state index contributed by atoms with van der Waals surface area (Å²) in [4.78, 5) is 0. The Balaban J connectivity index is 2.54. The highest BCUT2D eigenvalue weighted by Gasteiger charge is 2.13. The lowest BCUT2D eigenvalue weighted by atomic mass is 9.97. The molecule has 18 heavy (non-hydrogen) atoms. The van der Waals surface area contributed by atoms with Crippen molar-refractivity contribution in [1.82, 2.24) is 0 Å². The van der Waals surface area contributed by atoms with Gasteiger partial charge in [-0.15, -0.1) is 0 Å². The maximum Gasteiger partial charge on any atom is 0.150 e. The second-order valence-corrected chi connectivity index (χ2v) is 6.93. The van der Waals surface area contributed by atoms with Crippen LogP contribution in [0.3, 0.4) is 0 Å². The van der Waals surface area contributed by atoms with Gasteiger partial charge in [-0.3, -0.25) is 0 Å². The first-order valence-electron chi connectivity index (χ1n) is 6.11. The van der Waals surface area contributed by atoms with E-state index in [0.717, 1.165) is 5.56 Å². The fraction of sp³-hybridized carbons (Fsp3) is 0.538. The molecule has 1 rings (SSSR count). The van der Waals surface area contributed by atoms with Crippen LogP contribution in [0.15, 0.2) is 24.3 Å². The normalized spacial score (nSPS) is 13.5. The van der Waals surface area contributed by atoms with Gasteiger partial charge in [0.15, 0.2) is 0 Å². The summed E-state index contributed by atoms with van der Waals surface area (Å²) in [6.07, 6.45) is 1.25. The number of nitrogens with two attached hydrogens (primary N) is 1. The number of rotatable bonds is 7. The van der Waals surface area contributed by atoms with Gasteiger partial charge in [0.05, 0.1) is 5.75 Å². The Morgan fingerprint density at radius 1 is 1.28 bits per heavy atom. The largest absolute Gasteiger partial charge is 0.330 e. The zero-order chi connectivity index (χ0) is 13.6. The predicted molar refractivity (Wildman–Crippen MR) is 71.6 cm³/mol. The summed E-state index contributed by atoms with van der Waals surface area (Å²) in [6, 6.07) is 6.25. The van der Waals surface area contributed by atoms with Crippen molar-refractivity contribution in [3.05, 3.63) is 35.6 Å². The van der Waals surface area contributed by atoms with Crippen molar-refractivity contribution in [3.8, 4) is 0 Å². The van der Waals surface area contributed by atoms with Crippen LogP contribution in [0.4, 0.5) is 4.39 Å². The smallest absolute Gasteiger partial charge is 0.150 e. The first-order chi connectivity index (χ1) is 8.46. The van der Waals surface area contributed by atoms with Crippen molar-refractivity contribution >= 4 is 9.84 Å². The van der Waals surface area contributed by atoms with Crippen LogP contribution in [-0.4, -0.2) is 26.5 Å². The van der Waals surface area contributed by atoms with Gasteiger partial charge in [0.1, 0.15) is 15.7 Å². The van der Waals surface area contributed by atoms with Crippen LogP contribution in [0.25, 0.3) is 0 Å². The van der Waals surface area contributed by atoms with E-state index >= 15 is 0 Å². The summed E-state index contributed by atoms with van der Waals surface area (Å²) in [5.74, 6) is 0.196. The fourth-order valence-electron chi connectivity index (χ4n) is 1.75. The minimum absolute atomic E-state index is 0.122. The maximum absolute atomic E-state index is 12.8. The fourth-order valence-corrected chi connectivity index (χ4v) is 2.73. The number of hydrogen-bond donors (Lipinski definition) is 1. The van der Waals surface area contributed by atoms with Gasteiger partial charge >= 0.3 is 0 Å². The van der Waals surface area contributed by atoms with Gasteiger partial charge in [0.25, 0.3) is 0 Å². The third kappa shape index (κ3) is 5.14. The molecule has 0 aliphatic carbocycles. The van der Waals surface area contributed by atoms with E-state index in [1.54, 1.807) is 19.1 Å². The molecule has 0 aliphatic rings. The standard InChI is InChI=1S/C13H20FNO2S/c1-2-18(16,17)8-7-12(10-15)9-11-3-5-13(14)6-4-11/h3-6,12H,2,7-10,15H2,1H3. The highest BCUT2D eigenvalue weighted by Crippen LogP contribution is 2.13. The van der Waals surface area contributed by atoms with Crippen molar-refractivity contribution in [3.63, 3.8) is 0 Å². The molecule has 1 aromatic carbocycles. The molecule has 1 unspecified atom stereocenters. The second kappa shape index (κ2) is 6.85. The Morgan fingerprint density at radius 3 is 2.39 bits per heavy atom. The van der Waals surface area contributed by atoms with Crippen molar-refractivity contribution in [2.75, 3.05) is 18.1 Å². The van der Waals surface area contributed by atoms with E-state index in [1.807, 2.05) is 0 Å². The molecule has 2 N–H and O–H groups in total. The lowest BCUT2D eigenvalue weighted by molar-refractivity contribution is 0.511. The summed E-state index contributed by atoms with van der Waals surface area (Å²) >= 11 is 0. The molecule has 0 saturated carbocycles. The monoisotopic (exact) mass is 273 g/mol. The average Bonchev–Trinajstić information content (AvgIpc) is 2.37. The third-order valence-electron chi connectivity index (χ3n) is 3.05. The molecule has 0 spiro atoms. The van der Waals surface area contributed by atoms with Crippen molar-refractivity contribution in [2.24, 2.45) is 11.7 Å². The second-order valence-electron chi connectivity index (χ2n) is 4.46. The zero-order valence-corrected chi connectivity index (χ0v) is 11.4. The van der Waals surface area contributed by atoms with Crippen molar-refractivity contribution in [2.45, 2.75) is 19.8 Å². The minimum atomic E-state index is -2.94. The first-order valence-corrected chi connectivity index (χ1v) is 7.94. The van der Waals surface area contributed by atoms with Crippen LogP contribution in [-0.2, 0) is 16.3 Å². The highest BCUT2D eigenvalue weighted by atomic mass is 32.2. The Bertz CT molecular complexity index is 456. The van der Waals surface area contributed by atoms with E-state index in [1.165, 1.54) is 12.1 Å². The molecule has 3 nitrogen and oxygen atoms in total. The van der Waals surface area contributed by atoms with Crippen LogP contribution in [0.2, 0.25) is 0 Å². The predicted octanol–water partition coefficient (Wildman–Crippen LogP) is 1.77. The van der Waals surface area contributed by atoms with E-state index in [0.29, 0.717) is 19.4 Å². The van der Waals surface area contributed by atoms with E-state index in [9.17, 15) is 12.8 Å². The summed E-state index contributed by atoms with van der Waals surface area (Å²) in [7, 11) is -2.94. The molecule has 102 valence electrons. The number of hydrogen-bond acceptors (Lipinski definition) is 3.